The van der Waals surface area contributed by atoms with Crippen molar-refractivity contribution < 1.29 is 23.9 Å². The number of carbonyl (C=O) groups excluding carboxylic acids is 3. The van der Waals surface area contributed by atoms with Crippen molar-refractivity contribution in [1.82, 2.24) is 10.6 Å². The molecule has 0 aliphatic carbocycles. The lowest BCUT2D eigenvalue weighted by Crippen LogP contribution is -2.42. The van der Waals surface area contributed by atoms with E-state index in [0.717, 1.165) is 22.9 Å². The predicted molar refractivity (Wildman–Crippen MR) is 135 cm³/mol. The summed E-state index contributed by atoms with van der Waals surface area (Å²) in [6, 6.07) is 12.3. The van der Waals surface area contributed by atoms with Crippen LogP contribution < -0.4 is 25.0 Å². The van der Waals surface area contributed by atoms with Gasteiger partial charge >= 0.3 is 6.03 Å². The van der Waals surface area contributed by atoms with Gasteiger partial charge in [-0.15, -0.1) is 0 Å². The molecular weight excluding hydrogens is 468 g/mol. The van der Waals surface area contributed by atoms with Gasteiger partial charge in [-0.3, -0.25) is 19.8 Å². The quantitative estimate of drug-likeness (QED) is 0.593. The number of thioether (sulfide) groups is 1. The van der Waals surface area contributed by atoms with Crippen molar-refractivity contribution in [2.45, 2.75) is 20.8 Å². The van der Waals surface area contributed by atoms with Crippen molar-refractivity contribution in [3.8, 4) is 11.5 Å². The summed E-state index contributed by atoms with van der Waals surface area (Å²) in [5.74, 6) is 0.635. The van der Waals surface area contributed by atoms with Crippen LogP contribution in [0.2, 0.25) is 0 Å². The second-order valence-electron chi connectivity index (χ2n) is 8.45. The molecule has 0 atom stereocenters. The van der Waals surface area contributed by atoms with Gasteiger partial charge < -0.3 is 14.8 Å². The average Bonchev–Trinajstić information content (AvgIpc) is 3.41. The molecule has 0 bridgehead atoms. The molecule has 0 aromatic heterocycles. The Bertz CT molecular complexity index is 1210. The maximum atomic E-state index is 13.3. The Balaban J connectivity index is 1.52. The summed E-state index contributed by atoms with van der Waals surface area (Å²) in [6.07, 6.45) is 1.67. The minimum Gasteiger partial charge on any atom is -0.454 e. The number of imide groups is 1. The van der Waals surface area contributed by atoms with E-state index in [0.29, 0.717) is 28.9 Å². The summed E-state index contributed by atoms with van der Waals surface area (Å²) in [7, 11) is 0. The molecule has 9 nitrogen and oxygen atoms in total. The van der Waals surface area contributed by atoms with E-state index in [1.54, 1.807) is 18.2 Å². The summed E-state index contributed by atoms with van der Waals surface area (Å²) in [6.45, 7) is 6.50. The molecule has 0 saturated heterocycles. The topological polar surface area (TPSA) is 109 Å². The van der Waals surface area contributed by atoms with Crippen LogP contribution in [-0.2, 0) is 9.59 Å². The molecule has 35 heavy (non-hydrogen) atoms. The van der Waals surface area contributed by atoms with Gasteiger partial charge in [-0.25, -0.2) is 9.79 Å². The zero-order chi connectivity index (χ0) is 24.9. The minimum atomic E-state index is -0.549. The molecule has 0 fully saturated rings. The number of nitrogens with one attached hydrogen (secondary N) is 2. The van der Waals surface area contributed by atoms with Crippen LogP contribution in [0, 0.1) is 12.8 Å². The summed E-state index contributed by atoms with van der Waals surface area (Å²) >= 11 is 1.08. The number of hydrogen-bond acceptors (Lipinski definition) is 7. The Kier molecular flexibility index (Phi) is 7.40. The monoisotopic (exact) mass is 494 g/mol. The van der Waals surface area contributed by atoms with Crippen molar-refractivity contribution in [1.29, 1.82) is 0 Å². The fraction of sp³-hybridized carbons (Fsp3) is 0.280. The number of aliphatic imine (C=N–C) groups is 1. The Morgan fingerprint density at radius 1 is 1.14 bits per heavy atom. The Hall–Kier alpha value is -3.79. The lowest BCUT2D eigenvalue weighted by Gasteiger charge is -2.18. The molecule has 0 unspecified atom stereocenters. The van der Waals surface area contributed by atoms with E-state index in [1.807, 2.05) is 51.1 Å². The van der Waals surface area contributed by atoms with Crippen LogP contribution in [0.1, 0.15) is 25.0 Å². The third kappa shape index (κ3) is 6.02. The minimum absolute atomic E-state index is 0.0825. The van der Waals surface area contributed by atoms with Crippen LogP contribution in [0.25, 0.3) is 6.08 Å². The van der Waals surface area contributed by atoms with Gasteiger partial charge in [0.1, 0.15) is 5.70 Å². The van der Waals surface area contributed by atoms with E-state index in [9.17, 15) is 14.4 Å². The van der Waals surface area contributed by atoms with Crippen LogP contribution in [-0.4, -0.2) is 42.1 Å². The average molecular weight is 495 g/mol. The Morgan fingerprint density at radius 3 is 2.63 bits per heavy atom. The molecule has 2 aromatic carbocycles. The van der Waals surface area contributed by atoms with E-state index < -0.39 is 11.9 Å². The van der Waals surface area contributed by atoms with Crippen molar-refractivity contribution >= 4 is 46.5 Å². The molecule has 0 radical (unpaired) electrons. The molecule has 4 rings (SSSR count). The van der Waals surface area contributed by atoms with Crippen LogP contribution in [0.3, 0.4) is 0 Å². The van der Waals surface area contributed by atoms with Crippen LogP contribution in [0.5, 0.6) is 11.5 Å². The lowest BCUT2D eigenvalue weighted by atomic mass is 10.1. The van der Waals surface area contributed by atoms with Gasteiger partial charge in [0.05, 0.1) is 11.4 Å². The molecule has 2 aliphatic rings. The number of amides is 4. The molecular formula is C25H26N4O5S. The molecule has 4 amide bonds. The fourth-order valence-corrected chi connectivity index (χ4v) is 4.12. The normalized spacial score (nSPS) is 15.5. The number of anilines is 1. The van der Waals surface area contributed by atoms with Crippen molar-refractivity contribution in [2.24, 2.45) is 10.9 Å². The Labute approximate surface area is 207 Å². The smallest absolute Gasteiger partial charge is 0.321 e. The maximum absolute atomic E-state index is 13.3. The van der Waals surface area contributed by atoms with Gasteiger partial charge in [0, 0.05) is 6.54 Å². The number of amidine groups is 1. The predicted octanol–water partition coefficient (Wildman–Crippen LogP) is 3.68. The summed E-state index contributed by atoms with van der Waals surface area (Å²) in [4.78, 5) is 43.5. The van der Waals surface area contributed by atoms with Crippen molar-refractivity contribution in [3.63, 3.8) is 0 Å². The second-order valence-corrected chi connectivity index (χ2v) is 9.40. The first-order chi connectivity index (χ1) is 16.8. The number of rotatable bonds is 6. The maximum Gasteiger partial charge on any atom is 0.321 e. The van der Waals surface area contributed by atoms with E-state index >= 15 is 0 Å². The number of nitrogens with zero attached hydrogens (tertiary/aromatic N) is 2. The number of ether oxygens (including phenoxy) is 2. The van der Waals surface area contributed by atoms with E-state index in [1.165, 1.54) is 4.90 Å². The first-order valence-corrected chi connectivity index (χ1v) is 12.1. The standard InChI is InChI=1S/C25H26N4O5S/c1-15(2)12-26-24(32)28-22(30)13-35-25-27-19(10-17-6-9-20-21(11-17)34-14-33-20)23(31)29(25)18-7-4-16(3)5-8-18/h4-11,15H,12-14H2,1-3H3,(H2,26,28,30,32). The summed E-state index contributed by atoms with van der Waals surface area (Å²) in [5.41, 5.74) is 2.64. The highest BCUT2D eigenvalue weighted by Crippen LogP contribution is 2.34. The molecule has 2 N–H and O–H groups in total. The zero-order valence-corrected chi connectivity index (χ0v) is 20.5. The second kappa shape index (κ2) is 10.6. The van der Waals surface area contributed by atoms with E-state index in [-0.39, 0.29) is 30.1 Å². The van der Waals surface area contributed by atoms with Gasteiger partial charge in [-0.2, -0.15) is 0 Å². The highest BCUT2D eigenvalue weighted by molar-refractivity contribution is 8.14. The van der Waals surface area contributed by atoms with E-state index in [2.05, 4.69) is 15.6 Å². The summed E-state index contributed by atoms with van der Waals surface area (Å²) in [5, 5.41) is 5.29. The van der Waals surface area contributed by atoms with E-state index in [4.69, 9.17) is 9.47 Å². The van der Waals surface area contributed by atoms with Gasteiger partial charge in [0.25, 0.3) is 5.91 Å². The molecule has 10 heteroatoms. The number of fused-ring (bicyclic) bond motifs is 1. The number of urea groups is 1. The van der Waals surface area contributed by atoms with Gasteiger partial charge in [-0.1, -0.05) is 49.4 Å². The molecule has 0 saturated carbocycles. The number of carbonyl (C=O) groups is 3. The summed E-state index contributed by atoms with van der Waals surface area (Å²) < 4.78 is 10.8. The molecule has 182 valence electrons. The first-order valence-electron chi connectivity index (χ1n) is 11.1. The lowest BCUT2D eigenvalue weighted by molar-refractivity contribution is -0.117. The van der Waals surface area contributed by atoms with Crippen LogP contribution >= 0.6 is 11.8 Å². The van der Waals surface area contributed by atoms with Gasteiger partial charge in [0.2, 0.25) is 12.7 Å². The number of hydrogen-bond donors (Lipinski definition) is 2. The molecule has 2 aliphatic heterocycles. The third-order valence-electron chi connectivity index (χ3n) is 5.08. The van der Waals surface area contributed by atoms with Crippen molar-refractivity contribution in [3.05, 3.63) is 59.3 Å². The van der Waals surface area contributed by atoms with Gasteiger partial charge in [-0.05, 0) is 48.7 Å². The molecule has 2 heterocycles. The number of aryl methyl sites for hydroxylation is 1. The fourth-order valence-electron chi connectivity index (χ4n) is 3.31. The molecule has 2 aromatic rings. The third-order valence-corrected chi connectivity index (χ3v) is 6.02. The van der Waals surface area contributed by atoms with Crippen molar-refractivity contribution in [2.75, 3.05) is 24.0 Å². The largest absolute Gasteiger partial charge is 0.454 e. The van der Waals surface area contributed by atoms with Gasteiger partial charge in [0.15, 0.2) is 16.7 Å². The number of benzene rings is 2. The Morgan fingerprint density at radius 2 is 1.89 bits per heavy atom. The first kappa shape index (κ1) is 24.3. The highest BCUT2D eigenvalue weighted by Gasteiger charge is 2.32. The van der Waals surface area contributed by atoms with Crippen LogP contribution in [0.15, 0.2) is 53.2 Å². The molecule has 0 spiro atoms. The highest BCUT2D eigenvalue weighted by atomic mass is 32.2. The van der Waals surface area contributed by atoms with Crippen LogP contribution in [0.4, 0.5) is 10.5 Å². The SMILES string of the molecule is Cc1ccc(N2C(=O)C(=Cc3ccc4c(c3)OCO4)N=C2SCC(=O)NC(=O)NCC(C)C)cc1. The zero-order valence-electron chi connectivity index (χ0n) is 19.7.